The van der Waals surface area contributed by atoms with Crippen LogP contribution in [0.15, 0.2) is 21.7 Å². The van der Waals surface area contributed by atoms with Gasteiger partial charge >= 0.3 is 5.97 Å². The molecule has 0 unspecified atom stereocenters. The lowest BCUT2D eigenvalue weighted by Crippen LogP contribution is -2.58. The number of Topliss-reactive ketones (excluding diaryl/α,β-unsaturated/α-hetero) is 2. The number of hydrogen-bond acceptors (Lipinski definition) is 4. The molecule has 4 aliphatic rings. The summed E-state index contributed by atoms with van der Waals surface area (Å²) in [7, 11) is 0. The van der Waals surface area contributed by atoms with Crippen molar-refractivity contribution in [2.45, 2.75) is 71.8 Å². The molecule has 4 nitrogen and oxygen atoms in total. The van der Waals surface area contributed by atoms with Crippen LogP contribution in [0.25, 0.3) is 0 Å². The van der Waals surface area contributed by atoms with E-state index in [0.29, 0.717) is 23.8 Å². The summed E-state index contributed by atoms with van der Waals surface area (Å²) in [5.74, 6) is 0.157. The Bertz CT molecular complexity index is 874. The summed E-state index contributed by atoms with van der Waals surface area (Å²) < 4.78 is 5.78. The average molecular weight is 439 g/mol. The van der Waals surface area contributed by atoms with E-state index in [9.17, 15) is 14.4 Å². The Morgan fingerprint density at radius 3 is 2.34 bits per heavy atom. The fourth-order valence-corrected chi connectivity index (χ4v) is 8.15. The van der Waals surface area contributed by atoms with Crippen LogP contribution in [0.4, 0.5) is 0 Å². The largest absolute Gasteiger partial charge is 0.451 e. The summed E-state index contributed by atoms with van der Waals surface area (Å²) in [6.07, 6.45) is 6.30. The molecule has 2 saturated carbocycles. The van der Waals surface area contributed by atoms with Crippen LogP contribution in [0.1, 0.15) is 66.2 Å². The Morgan fingerprint density at radius 2 is 1.72 bits per heavy atom. The van der Waals surface area contributed by atoms with Gasteiger partial charge < -0.3 is 4.74 Å². The summed E-state index contributed by atoms with van der Waals surface area (Å²) in [6.45, 7) is 7.22. The van der Waals surface area contributed by atoms with Crippen LogP contribution in [-0.2, 0) is 19.1 Å². The second-order valence-corrected chi connectivity index (χ2v) is 10.6. The molecule has 4 rings (SSSR count). The molecule has 0 N–H and O–H groups in total. The molecule has 6 heteroatoms. The maximum Gasteiger partial charge on any atom is 0.303 e. The molecule has 0 aromatic carbocycles. The van der Waals surface area contributed by atoms with Crippen molar-refractivity contribution in [1.82, 2.24) is 0 Å². The van der Waals surface area contributed by atoms with Gasteiger partial charge in [0, 0.05) is 23.8 Å². The number of rotatable bonds is 2. The molecule has 29 heavy (non-hydrogen) atoms. The minimum atomic E-state index is -1.06. The number of halogens is 2. The summed E-state index contributed by atoms with van der Waals surface area (Å²) >= 11 is 13.2. The van der Waals surface area contributed by atoms with E-state index < -0.39 is 17.0 Å². The molecule has 0 radical (unpaired) electrons. The van der Waals surface area contributed by atoms with Gasteiger partial charge in [0.2, 0.25) is 0 Å². The predicted octanol–water partition coefficient (Wildman–Crippen LogP) is 5.32. The third kappa shape index (κ3) is 2.67. The first kappa shape index (κ1) is 21.1. The van der Waals surface area contributed by atoms with Crippen molar-refractivity contribution in [3.8, 4) is 0 Å². The molecule has 0 aromatic rings. The molecule has 0 saturated heterocycles. The lowest BCUT2D eigenvalue weighted by Gasteiger charge is -2.57. The minimum absolute atomic E-state index is 0.0314. The highest BCUT2D eigenvalue weighted by Crippen LogP contribution is 2.68. The van der Waals surface area contributed by atoms with Crippen LogP contribution >= 0.6 is 23.2 Å². The van der Waals surface area contributed by atoms with Gasteiger partial charge in [0.1, 0.15) is 0 Å². The van der Waals surface area contributed by atoms with E-state index in [1.54, 1.807) is 6.92 Å². The van der Waals surface area contributed by atoms with Gasteiger partial charge in [0.25, 0.3) is 0 Å². The fourth-order valence-electron chi connectivity index (χ4n) is 7.23. The van der Waals surface area contributed by atoms with Gasteiger partial charge in [-0.05, 0) is 67.8 Å². The maximum absolute atomic E-state index is 12.8. The molecule has 0 aromatic heterocycles. The molecule has 0 aliphatic heterocycles. The Labute approximate surface area is 182 Å². The minimum Gasteiger partial charge on any atom is -0.451 e. The first-order valence-electron chi connectivity index (χ1n) is 10.5. The normalized spacial score (nSPS) is 43.9. The Balaban J connectivity index is 1.82. The second-order valence-electron chi connectivity index (χ2n) is 9.81. The third-order valence-corrected chi connectivity index (χ3v) is 9.36. The van der Waals surface area contributed by atoms with Gasteiger partial charge in [-0.15, -0.1) is 0 Å². The second kappa shape index (κ2) is 6.68. The van der Waals surface area contributed by atoms with E-state index in [4.69, 9.17) is 27.9 Å². The van der Waals surface area contributed by atoms with Crippen LogP contribution in [-0.4, -0.2) is 23.1 Å². The molecule has 4 aliphatic carbocycles. The van der Waals surface area contributed by atoms with Crippen LogP contribution in [0.5, 0.6) is 0 Å². The zero-order valence-corrected chi connectivity index (χ0v) is 19.0. The molecule has 158 valence electrons. The molecule has 6 atom stereocenters. The van der Waals surface area contributed by atoms with Gasteiger partial charge in [0.05, 0.1) is 5.03 Å². The van der Waals surface area contributed by atoms with Crippen LogP contribution in [0, 0.1) is 28.6 Å². The van der Waals surface area contributed by atoms with Crippen LogP contribution in [0.2, 0.25) is 0 Å². The summed E-state index contributed by atoms with van der Waals surface area (Å²) in [5, 5.41) is 0.861. The predicted molar refractivity (Wildman–Crippen MR) is 111 cm³/mol. The molecule has 0 amide bonds. The molecule has 0 bridgehead atoms. The zero-order valence-electron chi connectivity index (χ0n) is 17.4. The van der Waals surface area contributed by atoms with E-state index in [0.717, 1.165) is 31.3 Å². The summed E-state index contributed by atoms with van der Waals surface area (Å²) in [5.41, 5.74) is -0.930. The third-order valence-electron chi connectivity index (χ3n) is 8.64. The van der Waals surface area contributed by atoms with Crippen molar-refractivity contribution in [3.05, 3.63) is 21.7 Å². The van der Waals surface area contributed by atoms with Crippen molar-refractivity contribution in [2.75, 3.05) is 0 Å². The lowest BCUT2D eigenvalue weighted by atomic mass is 9.48. The van der Waals surface area contributed by atoms with E-state index >= 15 is 0 Å². The number of fused-ring (bicyclic) bond motifs is 5. The highest BCUT2D eigenvalue weighted by Gasteiger charge is 2.67. The Morgan fingerprint density at radius 1 is 1.07 bits per heavy atom. The summed E-state index contributed by atoms with van der Waals surface area (Å²) in [6, 6.07) is 0. The molecular formula is C23H28Cl2O4. The molecule has 2 fully saturated rings. The van der Waals surface area contributed by atoms with Crippen molar-refractivity contribution in [1.29, 1.82) is 0 Å². The number of ketones is 2. The van der Waals surface area contributed by atoms with E-state index in [-0.39, 0.29) is 33.8 Å². The van der Waals surface area contributed by atoms with Crippen molar-refractivity contribution >= 4 is 40.7 Å². The van der Waals surface area contributed by atoms with Crippen molar-refractivity contribution in [2.24, 2.45) is 28.6 Å². The van der Waals surface area contributed by atoms with Gasteiger partial charge in [-0.3, -0.25) is 14.4 Å². The van der Waals surface area contributed by atoms with E-state index in [2.05, 4.69) is 19.9 Å². The van der Waals surface area contributed by atoms with Gasteiger partial charge in [-0.25, -0.2) is 0 Å². The van der Waals surface area contributed by atoms with Gasteiger partial charge in [-0.2, -0.15) is 0 Å². The molecular weight excluding hydrogens is 411 g/mol. The van der Waals surface area contributed by atoms with Crippen molar-refractivity contribution in [3.63, 3.8) is 0 Å². The molecule has 0 spiro atoms. The topological polar surface area (TPSA) is 60.4 Å². The van der Waals surface area contributed by atoms with Crippen LogP contribution in [0.3, 0.4) is 0 Å². The number of ether oxygens (including phenoxy) is 1. The average Bonchev–Trinajstić information content (AvgIpc) is 2.92. The highest BCUT2D eigenvalue weighted by atomic mass is 35.5. The van der Waals surface area contributed by atoms with E-state index in [1.807, 2.05) is 0 Å². The zero-order chi connectivity index (χ0) is 21.4. The summed E-state index contributed by atoms with van der Waals surface area (Å²) in [4.78, 5) is 36.9. The number of allylic oxidation sites excluding steroid dienone is 4. The number of hydrogen-bond donors (Lipinski definition) is 0. The fraction of sp³-hybridized carbons (Fsp3) is 0.696. The van der Waals surface area contributed by atoms with Crippen molar-refractivity contribution < 1.29 is 19.1 Å². The monoisotopic (exact) mass is 438 g/mol. The van der Waals surface area contributed by atoms with Crippen LogP contribution < -0.4 is 0 Å². The number of esters is 1. The van der Waals surface area contributed by atoms with E-state index in [1.165, 1.54) is 6.92 Å². The Kier molecular flexibility index (Phi) is 4.87. The Hall–Kier alpha value is -1.13. The smallest absolute Gasteiger partial charge is 0.303 e. The first-order chi connectivity index (χ1) is 13.5. The first-order valence-corrected chi connectivity index (χ1v) is 11.3. The van der Waals surface area contributed by atoms with Gasteiger partial charge in [0.15, 0.2) is 17.2 Å². The highest BCUT2D eigenvalue weighted by molar-refractivity contribution is 6.45. The SMILES string of the molecule is CC(=O)O[C@]1(C(C)=O)CC[C@H]2[C@@H]3C=C(Cl)C4=C(Cl)C(=O)CC[C@]4(C)[C@H]3CC[C@@]21C. The number of carbonyl (C=O) groups excluding carboxylic acids is 3. The quantitative estimate of drug-likeness (QED) is 0.547. The lowest BCUT2D eigenvalue weighted by molar-refractivity contribution is -0.185. The number of carbonyl (C=O) groups is 3. The maximum atomic E-state index is 12.8. The molecule has 0 heterocycles. The standard InChI is InChI=1S/C23H28Cl2O4/c1-12(26)23(29-13(2)27)10-6-16-14-11-17(24)19-20(25)18(28)7-8-21(19,3)15(14)5-9-22(16,23)4/h11,14-16H,5-10H2,1-4H3/t14-,15+,16+,21-,22+,23+/m1/s1. The van der Waals surface area contributed by atoms with Gasteiger partial charge in [-0.1, -0.05) is 43.1 Å².